The van der Waals surface area contributed by atoms with Gasteiger partial charge in [-0.2, -0.15) is 0 Å². The minimum atomic E-state index is -0.185. The predicted molar refractivity (Wildman–Crippen MR) is 128 cm³/mol. The van der Waals surface area contributed by atoms with Crippen LogP contribution in [0.4, 0.5) is 0 Å². The van der Waals surface area contributed by atoms with Crippen LogP contribution in [0.5, 0.6) is 0 Å². The highest BCUT2D eigenvalue weighted by Gasteiger charge is 2.26. The van der Waals surface area contributed by atoms with Crippen molar-refractivity contribution in [3.63, 3.8) is 0 Å². The molecule has 1 aliphatic carbocycles. The van der Waals surface area contributed by atoms with Crippen LogP contribution in [0.3, 0.4) is 0 Å². The van der Waals surface area contributed by atoms with Gasteiger partial charge in [0.25, 0.3) is 0 Å². The summed E-state index contributed by atoms with van der Waals surface area (Å²) in [6, 6.07) is 28.1. The van der Waals surface area contributed by atoms with Crippen molar-refractivity contribution in [2.75, 3.05) is 0 Å². The number of hydrogen-bond acceptors (Lipinski definition) is 3. The molecular formula is C29H17NO3. The number of nitrogens with zero attached hydrogens (tertiary/aromatic N) is 1. The molecule has 6 rings (SSSR count). The Kier molecular flexibility index (Phi) is 4.20. The van der Waals surface area contributed by atoms with Crippen molar-refractivity contribution in [2.45, 2.75) is 0 Å². The number of rotatable bonds is 3. The topological polar surface area (TPSA) is 56.1 Å². The van der Waals surface area contributed by atoms with E-state index in [4.69, 9.17) is 0 Å². The molecule has 0 fully saturated rings. The summed E-state index contributed by atoms with van der Waals surface area (Å²) in [5.41, 5.74) is 4.50. The van der Waals surface area contributed by atoms with E-state index in [1.807, 2.05) is 65.2 Å². The van der Waals surface area contributed by atoms with Crippen molar-refractivity contribution >= 4 is 39.2 Å². The fourth-order valence-corrected chi connectivity index (χ4v) is 4.62. The van der Waals surface area contributed by atoms with Gasteiger partial charge in [0.1, 0.15) is 0 Å². The minimum absolute atomic E-state index is 0.0485. The van der Waals surface area contributed by atoms with E-state index in [0.717, 1.165) is 22.0 Å². The maximum absolute atomic E-state index is 12.9. The van der Waals surface area contributed by atoms with Crippen LogP contribution < -0.4 is 0 Å². The van der Waals surface area contributed by atoms with Gasteiger partial charge < -0.3 is 4.57 Å². The molecule has 0 saturated carbocycles. The second-order valence-corrected chi connectivity index (χ2v) is 8.04. The van der Waals surface area contributed by atoms with Gasteiger partial charge >= 0.3 is 0 Å². The molecule has 5 aromatic rings. The van der Waals surface area contributed by atoms with Crippen LogP contribution in [0.1, 0.15) is 36.6 Å². The minimum Gasteiger partial charge on any atom is -0.308 e. The lowest BCUT2D eigenvalue weighted by atomic mass is 9.92. The third kappa shape index (κ3) is 2.88. The average molecular weight is 427 g/mol. The van der Waals surface area contributed by atoms with Gasteiger partial charge in [-0.05, 0) is 48.6 Å². The first-order chi connectivity index (χ1) is 16.1. The SMILES string of the molecule is O=C(c1ccccc1)c1ccc(-n2c3ccccc3c3ccc4c(c32)C(=O)C=CC4=O)cc1. The van der Waals surface area contributed by atoms with E-state index in [2.05, 4.69) is 0 Å². The van der Waals surface area contributed by atoms with E-state index in [1.165, 1.54) is 12.2 Å². The van der Waals surface area contributed by atoms with Crippen molar-refractivity contribution < 1.29 is 14.4 Å². The van der Waals surface area contributed by atoms with Crippen LogP contribution in [-0.4, -0.2) is 21.9 Å². The van der Waals surface area contributed by atoms with Crippen molar-refractivity contribution in [1.82, 2.24) is 4.57 Å². The Morgan fingerprint density at radius 2 is 1.27 bits per heavy atom. The van der Waals surface area contributed by atoms with Crippen molar-refractivity contribution in [3.05, 3.63) is 125 Å². The first-order valence-corrected chi connectivity index (χ1v) is 10.7. The molecule has 33 heavy (non-hydrogen) atoms. The van der Waals surface area contributed by atoms with E-state index >= 15 is 0 Å². The summed E-state index contributed by atoms with van der Waals surface area (Å²) in [6.07, 6.45) is 2.67. The fourth-order valence-electron chi connectivity index (χ4n) is 4.62. The summed E-state index contributed by atoms with van der Waals surface area (Å²) in [7, 11) is 0. The van der Waals surface area contributed by atoms with Gasteiger partial charge in [-0.1, -0.05) is 54.6 Å². The Morgan fingerprint density at radius 1 is 0.606 bits per heavy atom. The van der Waals surface area contributed by atoms with Gasteiger partial charge in [0.2, 0.25) is 0 Å². The molecule has 0 bridgehead atoms. The summed E-state index contributed by atoms with van der Waals surface area (Å²) >= 11 is 0. The summed E-state index contributed by atoms with van der Waals surface area (Å²) in [4.78, 5) is 38.3. The molecule has 0 atom stereocenters. The van der Waals surface area contributed by atoms with Crippen LogP contribution in [0.15, 0.2) is 103 Å². The molecule has 1 aromatic heterocycles. The number of fused-ring (bicyclic) bond motifs is 5. The predicted octanol–water partition coefficient (Wildman–Crippen LogP) is 5.95. The molecule has 0 radical (unpaired) electrons. The van der Waals surface area contributed by atoms with Gasteiger partial charge in [-0.25, -0.2) is 0 Å². The zero-order chi connectivity index (χ0) is 22.5. The molecule has 1 heterocycles. The second-order valence-electron chi connectivity index (χ2n) is 8.04. The maximum Gasteiger partial charge on any atom is 0.193 e. The third-order valence-corrected chi connectivity index (χ3v) is 6.16. The lowest BCUT2D eigenvalue weighted by Crippen LogP contribution is -2.13. The lowest BCUT2D eigenvalue weighted by Gasteiger charge is -2.14. The Morgan fingerprint density at radius 3 is 2.06 bits per heavy atom. The highest BCUT2D eigenvalue weighted by atomic mass is 16.1. The Balaban J connectivity index is 1.59. The summed E-state index contributed by atoms with van der Waals surface area (Å²) in [5, 5.41) is 1.90. The summed E-state index contributed by atoms with van der Waals surface area (Å²) in [5.74, 6) is -0.407. The van der Waals surface area contributed by atoms with Gasteiger partial charge in [-0.15, -0.1) is 0 Å². The quantitative estimate of drug-likeness (QED) is 0.334. The number of para-hydroxylation sites is 1. The lowest BCUT2D eigenvalue weighted by molar-refractivity contribution is 0.0995. The smallest absolute Gasteiger partial charge is 0.193 e. The van der Waals surface area contributed by atoms with E-state index in [1.54, 1.807) is 30.3 Å². The van der Waals surface area contributed by atoms with E-state index in [9.17, 15) is 14.4 Å². The normalized spacial score (nSPS) is 13.0. The van der Waals surface area contributed by atoms with Crippen molar-refractivity contribution in [3.8, 4) is 5.69 Å². The van der Waals surface area contributed by atoms with Crippen LogP contribution in [0.2, 0.25) is 0 Å². The second kappa shape index (κ2) is 7.24. The molecule has 1 aliphatic rings. The van der Waals surface area contributed by atoms with Gasteiger partial charge in [0.15, 0.2) is 17.3 Å². The number of carbonyl (C=O) groups excluding carboxylic acids is 3. The number of hydrogen-bond donors (Lipinski definition) is 0. The Labute approximate surface area is 189 Å². The molecule has 0 N–H and O–H groups in total. The number of ketones is 3. The molecule has 0 unspecified atom stereocenters. The molecule has 4 nitrogen and oxygen atoms in total. The van der Waals surface area contributed by atoms with Crippen LogP contribution in [0, 0.1) is 0 Å². The monoisotopic (exact) mass is 427 g/mol. The van der Waals surface area contributed by atoms with Crippen LogP contribution >= 0.6 is 0 Å². The average Bonchev–Trinajstić information content (AvgIpc) is 3.21. The summed E-state index contributed by atoms with van der Waals surface area (Å²) in [6.45, 7) is 0. The molecule has 4 aromatic carbocycles. The van der Waals surface area contributed by atoms with Gasteiger partial charge in [0.05, 0.1) is 16.6 Å². The number of aromatic nitrogens is 1. The fraction of sp³-hybridized carbons (Fsp3) is 0. The zero-order valence-electron chi connectivity index (χ0n) is 17.5. The van der Waals surface area contributed by atoms with E-state index in [0.29, 0.717) is 27.8 Å². The molecule has 4 heteroatoms. The highest BCUT2D eigenvalue weighted by Crippen LogP contribution is 2.36. The molecule has 0 spiro atoms. The largest absolute Gasteiger partial charge is 0.308 e. The zero-order valence-corrected chi connectivity index (χ0v) is 17.5. The number of benzene rings is 4. The van der Waals surface area contributed by atoms with Gasteiger partial charge in [-0.3, -0.25) is 14.4 Å². The molecule has 0 aliphatic heterocycles. The van der Waals surface area contributed by atoms with E-state index < -0.39 is 0 Å². The number of allylic oxidation sites excluding steroid dienone is 2. The van der Waals surface area contributed by atoms with Crippen LogP contribution in [0.25, 0.3) is 27.5 Å². The van der Waals surface area contributed by atoms with Crippen molar-refractivity contribution in [1.29, 1.82) is 0 Å². The number of carbonyl (C=O) groups is 3. The standard InChI is InChI=1S/C29H17NO3/c31-25-16-17-26(32)27-23(25)15-14-22-21-8-4-5-9-24(21)30(28(22)27)20-12-10-19(11-13-20)29(33)18-6-2-1-3-7-18/h1-17H. The molecule has 0 amide bonds. The summed E-state index contributed by atoms with van der Waals surface area (Å²) < 4.78 is 2.00. The highest BCUT2D eigenvalue weighted by molar-refractivity contribution is 6.29. The first-order valence-electron chi connectivity index (χ1n) is 10.7. The third-order valence-electron chi connectivity index (χ3n) is 6.16. The molecule has 0 saturated heterocycles. The van der Waals surface area contributed by atoms with E-state index in [-0.39, 0.29) is 17.3 Å². The van der Waals surface area contributed by atoms with Gasteiger partial charge in [0, 0.05) is 33.2 Å². The first kappa shape index (κ1) is 19.1. The Bertz CT molecular complexity index is 1640. The maximum atomic E-state index is 12.9. The van der Waals surface area contributed by atoms with Crippen LogP contribution in [-0.2, 0) is 0 Å². The molecule has 156 valence electrons. The Hall–Kier alpha value is -4.57. The van der Waals surface area contributed by atoms with Crippen molar-refractivity contribution in [2.24, 2.45) is 0 Å². The molecular weight excluding hydrogens is 410 g/mol.